The number of thiophene rings is 1. The number of Topliss-reactive ketones (excluding diaryl/α,β-unsaturated/α-hetero) is 1. The Hall–Kier alpha value is -1.41. The number of fused-ring (bicyclic) bond motifs is 1. The fourth-order valence-corrected chi connectivity index (χ4v) is 3.53. The second kappa shape index (κ2) is 4.46. The van der Waals surface area contributed by atoms with Crippen LogP contribution >= 0.6 is 11.3 Å². The lowest BCUT2D eigenvalue weighted by Crippen LogP contribution is -1.95. The van der Waals surface area contributed by atoms with Gasteiger partial charge in [-0.1, -0.05) is 30.3 Å². The Morgan fingerprint density at radius 2 is 1.76 bits per heavy atom. The van der Waals surface area contributed by atoms with E-state index in [1.807, 2.05) is 18.2 Å². The van der Waals surface area contributed by atoms with Gasteiger partial charge >= 0.3 is 0 Å². The molecule has 0 bridgehead atoms. The van der Waals surface area contributed by atoms with Gasteiger partial charge in [-0.05, 0) is 30.9 Å². The van der Waals surface area contributed by atoms with Crippen molar-refractivity contribution in [2.75, 3.05) is 0 Å². The molecule has 0 unspecified atom stereocenters. The van der Waals surface area contributed by atoms with Crippen LogP contribution in [0.1, 0.15) is 34.5 Å². The molecule has 0 spiro atoms. The van der Waals surface area contributed by atoms with Crippen LogP contribution in [-0.4, -0.2) is 5.78 Å². The Balaban J connectivity index is 2.05. The van der Waals surface area contributed by atoms with Crippen molar-refractivity contribution in [1.82, 2.24) is 0 Å². The van der Waals surface area contributed by atoms with Crippen LogP contribution < -0.4 is 0 Å². The standard InChI is InChI=1S/C15H14OS/c16-13-8-4-5-9-14-12(13)10-15(17-14)11-6-2-1-3-7-11/h1-3,6-7,10H,4-5,8-9H2. The fraction of sp³-hybridized carbons (Fsp3) is 0.267. The number of ketones is 1. The first-order valence-electron chi connectivity index (χ1n) is 6.06. The first kappa shape index (κ1) is 10.7. The molecule has 1 nitrogen and oxygen atoms in total. The van der Waals surface area contributed by atoms with E-state index in [4.69, 9.17) is 0 Å². The molecule has 17 heavy (non-hydrogen) atoms. The summed E-state index contributed by atoms with van der Waals surface area (Å²) < 4.78 is 0. The molecule has 0 aliphatic heterocycles. The van der Waals surface area contributed by atoms with Crippen LogP contribution in [0.2, 0.25) is 0 Å². The van der Waals surface area contributed by atoms with Crippen LogP contribution in [0.3, 0.4) is 0 Å². The summed E-state index contributed by atoms with van der Waals surface area (Å²) >= 11 is 1.78. The molecule has 3 rings (SSSR count). The maximum Gasteiger partial charge on any atom is 0.164 e. The summed E-state index contributed by atoms with van der Waals surface area (Å²) in [4.78, 5) is 14.5. The predicted molar refractivity (Wildman–Crippen MR) is 71.6 cm³/mol. The predicted octanol–water partition coefficient (Wildman–Crippen LogP) is 4.32. The molecular formula is C15H14OS. The molecule has 1 aliphatic rings. The van der Waals surface area contributed by atoms with Crippen molar-refractivity contribution in [1.29, 1.82) is 0 Å². The summed E-state index contributed by atoms with van der Waals surface area (Å²) in [5.41, 5.74) is 2.20. The average Bonchev–Trinajstić information content (AvgIpc) is 2.72. The average molecular weight is 242 g/mol. The molecule has 1 aromatic carbocycles. The zero-order valence-electron chi connectivity index (χ0n) is 9.61. The van der Waals surface area contributed by atoms with Gasteiger partial charge in [0.1, 0.15) is 0 Å². The van der Waals surface area contributed by atoms with E-state index in [1.54, 1.807) is 11.3 Å². The quantitative estimate of drug-likeness (QED) is 0.680. The van der Waals surface area contributed by atoms with Crippen molar-refractivity contribution in [3.63, 3.8) is 0 Å². The number of rotatable bonds is 1. The number of carbonyl (C=O) groups is 1. The zero-order valence-corrected chi connectivity index (χ0v) is 10.4. The molecule has 0 saturated carbocycles. The van der Waals surface area contributed by atoms with Gasteiger partial charge in [-0.2, -0.15) is 0 Å². The molecule has 0 amide bonds. The Kier molecular flexibility index (Phi) is 2.81. The van der Waals surface area contributed by atoms with Crippen LogP contribution in [-0.2, 0) is 6.42 Å². The van der Waals surface area contributed by atoms with E-state index < -0.39 is 0 Å². The Bertz CT molecular complexity index is 539. The van der Waals surface area contributed by atoms with E-state index in [-0.39, 0.29) is 0 Å². The van der Waals surface area contributed by atoms with E-state index in [0.717, 1.165) is 31.2 Å². The van der Waals surface area contributed by atoms with Crippen molar-refractivity contribution in [3.8, 4) is 10.4 Å². The first-order valence-corrected chi connectivity index (χ1v) is 6.87. The Labute approximate surface area is 105 Å². The summed E-state index contributed by atoms with van der Waals surface area (Å²) in [6.45, 7) is 0. The number of carbonyl (C=O) groups excluding carboxylic acids is 1. The van der Waals surface area contributed by atoms with Gasteiger partial charge in [-0.3, -0.25) is 4.79 Å². The molecule has 0 atom stereocenters. The molecule has 86 valence electrons. The van der Waals surface area contributed by atoms with Crippen molar-refractivity contribution in [2.45, 2.75) is 25.7 Å². The SMILES string of the molecule is O=C1CCCCc2sc(-c3ccccc3)cc21. The molecule has 1 heterocycles. The monoisotopic (exact) mass is 242 g/mol. The van der Waals surface area contributed by atoms with Gasteiger partial charge < -0.3 is 0 Å². The van der Waals surface area contributed by atoms with Gasteiger partial charge in [-0.15, -0.1) is 11.3 Å². The van der Waals surface area contributed by atoms with Crippen molar-refractivity contribution in [3.05, 3.63) is 46.8 Å². The van der Waals surface area contributed by atoms with Crippen molar-refractivity contribution in [2.24, 2.45) is 0 Å². The fourth-order valence-electron chi connectivity index (χ4n) is 2.30. The summed E-state index contributed by atoms with van der Waals surface area (Å²) in [5.74, 6) is 0.330. The second-order valence-corrected chi connectivity index (χ2v) is 5.58. The summed E-state index contributed by atoms with van der Waals surface area (Å²) in [6, 6.07) is 12.4. The van der Waals surface area contributed by atoms with E-state index in [2.05, 4.69) is 18.2 Å². The van der Waals surface area contributed by atoms with Gasteiger partial charge in [0.05, 0.1) is 0 Å². The van der Waals surface area contributed by atoms with Crippen molar-refractivity contribution < 1.29 is 4.79 Å². The maximum absolute atomic E-state index is 12.0. The van der Waals surface area contributed by atoms with E-state index in [1.165, 1.54) is 15.3 Å². The molecule has 0 saturated heterocycles. The van der Waals surface area contributed by atoms with E-state index in [0.29, 0.717) is 5.78 Å². The highest BCUT2D eigenvalue weighted by molar-refractivity contribution is 7.15. The number of hydrogen-bond acceptors (Lipinski definition) is 2. The highest BCUT2D eigenvalue weighted by Crippen LogP contribution is 2.34. The zero-order chi connectivity index (χ0) is 11.7. The van der Waals surface area contributed by atoms with Crippen LogP contribution in [0.4, 0.5) is 0 Å². The molecule has 1 aromatic heterocycles. The minimum atomic E-state index is 0.330. The van der Waals surface area contributed by atoms with Gasteiger partial charge in [0.25, 0.3) is 0 Å². The van der Waals surface area contributed by atoms with Crippen molar-refractivity contribution >= 4 is 17.1 Å². The lowest BCUT2D eigenvalue weighted by Gasteiger charge is -1.95. The lowest BCUT2D eigenvalue weighted by atomic mass is 10.1. The number of hydrogen-bond donors (Lipinski definition) is 0. The summed E-state index contributed by atoms with van der Waals surface area (Å²) in [7, 11) is 0. The van der Waals surface area contributed by atoms with Crippen LogP contribution in [0.5, 0.6) is 0 Å². The summed E-state index contributed by atoms with van der Waals surface area (Å²) in [5, 5.41) is 0. The smallest absolute Gasteiger partial charge is 0.164 e. The lowest BCUT2D eigenvalue weighted by molar-refractivity contribution is 0.0982. The van der Waals surface area contributed by atoms with E-state index >= 15 is 0 Å². The summed E-state index contributed by atoms with van der Waals surface area (Å²) in [6.07, 6.45) is 3.98. The first-order chi connectivity index (χ1) is 8.34. The Morgan fingerprint density at radius 1 is 1.00 bits per heavy atom. The molecule has 1 aliphatic carbocycles. The minimum Gasteiger partial charge on any atom is -0.294 e. The molecule has 2 aromatic rings. The molecule has 0 fully saturated rings. The van der Waals surface area contributed by atoms with Gasteiger partial charge in [0, 0.05) is 21.7 Å². The van der Waals surface area contributed by atoms with Crippen LogP contribution in [0.15, 0.2) is 36.4 Å². The maximum atomic E-state index is 12.0. The third kappa shape index (κ3) is 2.05. The normalized spacial score (nSPS) is 15.4. The molecule has 0 radical (unpaired) electrons. The van der Waals surface area contributed by atoms with Crippen LogP contribution in [0.25, 0.3) is 10.4 Å². The van der Waals surface area contributed by atoms with Gasteiger partial charge in [0.15, 0.2) is 5.78 Å². The van der Waals surface area contributed by atoms with Crippen LogP contribution in [0, 0.1) is 0 Å². The molecular weight excluding hydrogens is 228 g/mol. The highest BCUT2D eigenvalue weighted by atomic mass is 32.1. The topological polar surface area (TPSA) is 17.1 Å². The number of aryl methyl sites for hydroxylation is 1. The second-order valence-electron chi connectivity index (χ2n) is 4.44. The number of benzene rings is 1. The third-order valence-electron chi connectivity index (χ3n) is 3.23. The van der Waals surface area contributed by atoms with E-state index in [9.17, 15) is 4.79 Å². The third-order valence-corrected chi connectivity index (χ3v) is 4.47. The van der Waals surface area contributed by atoms with Gasteiger partial charge in [-0.25, -0.2) is 0 Å². The molecule has 0 N–H and O–H groups in total. The highest BCUT2D eigenvalue weighted by Gasteiger charge is 2.19. The largest absolute Gasteiger partial charge is 0.294 e. The minimum absolute atomic E-state index is 0.330. The van der Waals surface area contributed by atoms with Gasteiger partial charge in [0.2, 0.25) is 0 Å². The molecule has 2 heteroatoms. The Morgan fingerprint density at radius 3 is 2.59 bits per heavy atom.